The van der Waals surface area contributed by atoms with Crippen molar-refractivity contribution >= 4 is 46.7 Å². The highest BCUT2D eigenvalue weighted by molar-refractivity contribution is 6.35. The van der Waals surface area contributed by atoms with E-state index in [2.05, 4.69) is 20.5 Å². The molecule has 0 atom stereocenters. The van der Waals surface area contributed by atoms with Gasteiger partial charge in [-0.15, -0.1) is 5.10 Å². The maximum absolute atomic E-state index is 12.2. The van der Waals surface area contributed by atoms with E-state index in [0.29, 0.717) is 23.1 Å². The standard InChI is InChI=1S/C15H13Cl3N6O/c1-2-23-7-12(18)13(21-23)14(25)20-15-19-8-24(22-15)6-9-3-4-10(16)5-11(9)17/h3-5,7-8H,2,6H2,1H3,(H,20,22,25). The Bertz CT molecular complexity index is 920. The summed E-state index contributed by atoms with van der Waals surface area (Å²) in [6.45, 7) is 2.90. The van der Waals surface area contributed by atoms with Gasteiger partial charge in [0.2, 0.25) is 5.95 Å². The summed E-state index contributed by atoms with van der Waals surface area (Å²) in [4.78, 5) is 16.3. The minimum atomic E-state index is -0.473. The number of carbonyl (C=O) groups excluding carboxylic acids is 1. The van der Waals surface area contributed by atoms with Crippen molar-refractivity contribution in [2.24, 2.45) is 0 Å². The first-order chi connectivity index (χ1) is 12.0. The number of hydrogen-bond acceptors (Lipinski definition) is 4. The number of nitrogens with one attached hydrogen (secondary N) is 1. The zero-order valence-electron chi connectivity index (χ0n) is 13.1. The second-order valence-corrected chi connectivity index (χ2v) is 6.39. The van der Waals surface area contributed by atoms with Crippen molar-refractivity contribution in [1.82, 2.24) is 24.5 Å². The number of aryl methyl sites for hydroxylation is 1. The number of rotatable bonds is 5. The Morgan fingerprint density at radius 3 is 2.64 bits per heavy atom. The predicted molar refractivity (Wildman–Crippen MR) is 96.5 cm³/mol. The van der Waals surface area contributed by atoms with Gasteiger partial charge >= 0.3 is 0 Å². The molecular weight excluding hydrogens is 387 g/mol. The van der Waals surface area contributed by atoms with Crippen LogP contribution >= 0.6 is 34.8 Å². The van der Waals surface area contributed by atoms with E-state index in [4.69, 9.17) is 34.8 Å². The molecule has 25 heavy (non-hydrogen) atoms. The van der Waals surface area contributed by atoms with Crippen LogP contribution in [0.4, 0.5) is 5.95 Å². The zero-order chi connectivity index (χ0) is 18.0. The number of carbonyl (C=O) groups is 1. The van der Waals surface area contributed by atoms with Crippen molar-refractivity contribution in [2.75, 3.05) is 5.32 Å². The third-order valence-corrected chi connectivity index (χ3v) is 4.23. The van der Waals surface area contributed by atoms with E-state index in [9.17, 15) is 4.79 Å². The van der Waals surface area contributed by atoms with Crippen LogP contribution in [0.5, 0.6) is 0 Å². The van der Waals surface area contributed by atoms with Crippen LogP contribution in [0.2, 0.25) is 15.1 Å². The van der Waals surface area contributed by atoms with Crippen LogP contribution in [-0.4, -0.2) is 30.5 Å². The van der Waals surface area contributed by atoms with Gasteiger partial charge in [-0.25, -0.2) is 9.67 Å². The SMILES string of the molecule is CCn1cc(Cl)c(C(=O)Nc2ncn(Cc3ccc(Cl)cc3Cl)n2)n1. The predicted octanol–water partition coefficient (Wildman–Crippen LogP) is 3.76. The molecule has 0 saturated heterocycles. The van der Waals surface area contributed by atoms with Crippen molar-refractivity contribution in [3.05, 3.63) is 57.0 Å². The fourth-order valence-electron chi connectivity index (χ4n) is 2.13. The van der Waals surface area contributed by atoms with Crippen molar-refractivity contribution in [3.8, 4) is 0 Å². The summed E-state index contributed by atoms with van der Waals surface area (Å²) in [6.07, 6.45) is 3.08. The smallest absolute Gasteiger partial charge is 0.280 e. The molecule has 7 nitrogen and oxygen atoms in total. The second kappa shape index (κ2) is 7.43. The third-order valence-electron chi connectivity index (χ3n) is 3.37. The first kappa shape index (κ1) is 17.7. The second-order valence-electron chi connectivity index (χ2n) is 5.14. The van der Waals surface area contributed by atoms with E-state index in [0.717, 1.165) is 5.56 Å². The highest BCUT2D eigenvalue weighted by Crippen LogP contribution is 2.21. The first-order valence-corrected chi connectivity index (χ1v) is 8.47. The van der Waals surface area contributed by atoms with Gasteiger partial charge in [-0.1, -0.05) is 40.9 Å². The van der Waals surface area contributed by atoms with Crippen molar-refractivity contribution in [1.29, 1.82) is 0 Å². The molecule has 10 heteroatoms. The molecule has 0 fully saturated rings. The van der Waals surface area contributed by atoms with Crippen LogP contribution in [0, 0.1) is 0 Å². The average Bonchev–Trinajstić information content (AvgIpc) is 3.16. The molecule has 0 radical (unpaired) electrons. The Kier molecular flexibility index (Phi) is 5.27. The lowest BCUT2D eigenvalue weighted by atomic mass is 10.2. The molecule has 1 aromatic carbocycles. The lowest BCUT2D eigenvalue weighted by Crippen LogP contribution is -2.15. The van der Waals surface area contributed by atoms with Crippen LogP contribution in [0.1, 0.15) is 23.0 Å². The normalized spacial score (nSPS) is 10.9. The molecule has 0 aliphatic heterocycles. The van der Waals surface area contributed by atoms with Crippen molar-refractivity contribution in [3.63, 3.8) is 0 Å². The molecule has 0 spiro atoms. The molecule has 0 bridgehead atoms. The maximum atomic E-state index is 12.2. The average molecular weight is 400 g/mol. The molecule has 130 valence electrons. The molecule has 2 heterocycles. The van der Waals surface area contributed by atoms with Gasteiger partial charge in [0, 0.05) is 22.8 Å². The summed E-state index contributed by atoms with van der Waals surface area (Å²) in [5, 5.41) is 12.2. The summed E-state index contributed by atoms with van der Waals surface area (Å²) < 4.78 is 3.13. The van der Waals surface area contributed by atoms with Crippen LogP contribution in [0.15, 0.2) is 30.7 Å². The largest absolute Gasteiger partial charge is 0.288 e. The van der Waals surface area contributed by atoms with Gasteiger partial charge in [-0.2, -0.15) is 5.10 Å². The highest BCUT2D eigenvalue weighted by Gasteiger charge is 2.17. The van der Waals surface area contributed by atoms with Crippen LogP contribution < -0.4 is 5.32 Å². The minimum Gasteiger partial charge on any atom is -0.288 e. The van der Waals surface area contributed by atoms with Crippen molar-refractivity contribution < 1.29 is 4.79 Å². The zero-order valence-corrected chi connectivity index (χ0v) is 15.3. The number of anilines is 1. The first-order valence-electron chi connectivity index (χ1n) is 7.34. The van der Waals surface area contributed by atoms with E-state index < -0.39 is 5.91 Å². The van der Waals surface area contributed by atoms with E-state index in [1.54, 1.807) is 27.7 Å². The van der Waals surface area contributed by atoms with Gasteiger partial charge in [0.25, 0.3) is 5.91 Å². The molecule has 3 rings (SSSR count). The summed E-state index contributed by atoms with van der Waals surface area (Å²) in [5.41, 5.74) is 0.958. The Morgan fingerprint density at radius 2 is 1.96 bits per heavy atom. The Hall–Kier alpha value is -2.09. The lowest BCUT2D eigenvalue weighted by molar-refractivity contribution is 0.102. The molecular formula is C15H13Cl3N6O. The van der Waals surface area contributed by atoms with Gasteiger partial charge in [-0.3, -0.25) is 14.8 Å². The van der Waals surface area contributed by atoms with Gasteiger partial charge in [0.15, 0.2) is 5.69 Å². The van der Waals surface area contributed by atoms with E-state index in [1.807, 2.05) is 13.0 Å². The van der Waals surface area contributed by atoms with Gasteiger partial charge in [0.05, 0.1) is 11.6 Å². The third kappa shape index (κ3) is 4.12. The molecule has 1 amide bonds. The number of aromatic nitrogens is 5. The fourth-order valence-corrected chi connectivity index (χ4v) is 2.83. The molecule has 3 aromatic rings. The monoisotopic (exact) mass is 398 g/mol. The molecule has 0 aliphatic rings. The summed E-state index contributed by atoms with van der Waals surface area (Å²) in [5.74, 6) is -0.323. The summed E-state index contributed by atoms with van der Waals surface area (Å²) >= 11 is 18.0. The van der Waals surface area contributed by atoms with E-state index >= 15 is 0 Å². The van der Waals surface area contributed by atoms with Gasteiger partial charge in [0.1, 0.15) is 6.33 Å². The lowest BCUT2D eigenvalue weighted by Gasteiger charge is -2.04. The molecule has 0 aliphatic carbocycles. The highest BCUT2D eigenvalue weighted by atomic mass is 35.5. The summed E-state index contributed by atoms with van der Waals surface area (Å²) in [6, 6.07) is 5.21. The number of hydrogen-bond donors (Lipinski definition) is 1. The topological polar surface area (TPSA) is 77.6 Å². The number of halogens is 3. The van der Waals surface area contributed by atoms with Crippen LogP contribution in [-0.2, 0) is 13.1 Å². The van der Waals surface area contributed by atoms with Gasteiger partial charge in [-0.05, 0) is 24.6 Å². The van der Waals surface area contributed by atoms with Crippen LogP contribution in [0.25, 0.3) is 0 Å². The van der Waals surface area contributed by atoms with Crippen molar-refractivity contribution in [2.45, 2.75) is 20.0 Å². The Labute approximate surface area is 158 Å². The quantitative estimate of drug-likeness (QED) is 0.708. The molecule has 2 aromatic heterocycles. The number of benzene rings is 1. The fraction of sp³-hybridized carbons (Fsp3) is 0.200. The Balaban J connectivity index is 1.70. The minimum absolute atomic E-state index is 0.126. The molecule has 0 saturated carbocycles. The molecule has 0 unspecified atom stereocenters. The van der Waals surface area contributed by atoms with Gasteiger partial charge < -0.3 is 0 Å². The number of nitrogens with zero attached hydrogens (tertiary/aromatic N) is 5. The van der Waals surface area contributed by atoms with Crippen LogP contribution in [0.3, 0.4) is 0 Å². The van der Waals surface area contributed by atoms with E-state index in [1.165, 1.54) is 6.33 Å². The Morgan fingerprint density at radius 1 is 1.16 bits per heavy atom. The summed E-state index contributed by atoms with van der Waals surface area (Å²) in [7, 11) is 0. The molecule has 1 N–H and O–H groups in total. The number of amides is 1. The van der Waals surface area contributed by atoms with E-state index in [-0.39, 0.29) is 16.7 Å². The maximum Gasteiger partial charge on any atom is 0.280 e.